The molecule has 2 rings (SSSR count). The van der Waals surface area contributed by atoms with Gasteiger partial charge in [0.15, 0.2) is 28.2 Å². The molecule has 118 valence electrons. The minimum Gasteiger partial charge on any atom is -0.330 e. The summed E-state index contributed by atoms with van der Waals surface area (Å²) < 4.78 is 78.8. The van der Waals surface area contributed by atoms with Gasteiger partial charge < -0.3 is 5.73 Å². The van der Waals surface area contributed by atoms with E-state index in [1.54, 1.807) is 0 Å². The van der Waals surface area contributed by atoms with Gasteiger partial charge in [-0.15, -0.1) is 0 Å². The smallest absolute Gasteiger partial charge is 0.249 e. The molecule has 1 saturated heterocycles. The van der Waals surface area contributed by atoms with Gasteiger partial charge in [-0.1, -0.05) is 0 Å². The van der Waals surface area contributed by atoms with E-state index in [9.17, 15) is 26.0 Å². The Morgan fingerprint density at radius 2 is 1.57 bits per heavy atom. The van der Waals surface area contributed by atoms with E-state index in [-0.39, 0.29) is 25.1 Å². The van der Waals surface area contributed by atoms with Gasteiger partial charge in [0, 0.05) is 19.2 Å². The zero-order chi connectivity index (χ0) is 15.8. The van der Waals surface area contributed by atoms with Crippen molar-refractivity contribution in [2.45, 2.75) is 17.7 Å². The molecular weight excluding hydrogens is 312 g/mol. The van der Waals surface area contributed by atoms with E-state index >= 15 is 0 Å². The third-order valence-electron chi connectivity index (χ3n) is 3.58. The van der Waals surface area contributed by atoms with Crippen molar-refractivity contribution >= 4 is 10.0 Å². The predicted molar refractivity (Wildman–Crippen MR) is 66.8 cm³/mol. The number of piperidine rings is 1. The molecule has 1 aliphatic rings. The predicted octanol–water partition coefficient (Wildman–Crippen LogP) is 1.60. The molecule has 4 nitrogen and oxygen atoms in total. The second-order valence-corrected chi connectivity index (χ2v) is 6.76. The van der Waals surface area contributed by atoms with Crippen LogP contribution in [0.15, 0.2) is 11.0 Å². The highest BCUT2D eigenvalue weighted by atomic mass is 32.2. The first-order valence-corrected chi connectivity index (χ1v) is 7.76. The summed E-state index contributed by atoms with van der Waals surface area (Å²) in [4.78, 5) is -1.58. The normalized spacial score (nSPS) is 18.1. The minimum absolute atomic E-state index is 0.00120. The van der Waals surface area contributed by atoms with Crippen LogP contribution in [-0.2, 0) is 10.0 Å². The maximum absolute atomic E-state index is 13.6. The van der Waals surface area contributed by atoms with Gasteiger partial charge >= 0.3 is 0 Å². The molecule has 2 N–H and O–H groups in total. The third kappa shape index (κ3) is 2.90. The van der Waals surface area contributed by atoms with Crippen molar-refractivity contribution in [3.05, 3.63) is 29.3 Å². The molecule has 0 radical (unpaired) electrons. The number of hydrogen-bond donors (Lipinski definition) is 1. The number of rotatable bonds is 3. The quantitative estimate of drug-likeness (QED) is 0.678. The highest BCUT2D eigenvalue weighted by molar-refractivity contribution is 7.89. The van der Waals surface area contributed by atoms with Gasteiger partial charge in [-0.05, 0) is 25.3 Å². The van der Waals surface area contributed by atoms with Crippen molar-refractivity contribution in [2.24, 2.45) is 11.7 Å². The third-order valence-corrected chi connectivity index (χ3v) is 5.50. The SMILES string of the molecule is NCC1CCN(S(=O)(=O)c2c(F)c(F)cc(F)c2F)CC1. The maximum Gasteiger partial charge on any atom is 0.249 e. The number of nitrogens with zero attached hydrogens (tertiary/aromatic N) is 1. The molecule has 0 unspecified atom stereocenters. The second-order valence-electron chi connectivity index (χ2n) is 4.88. The van der Waals surface area contributed by atoms with Crippen molar-refractivity contribution in [1.82, 2.24) is 4.31 Å². The topological polar surface area (TPSA) is 63.4 Å². The number of hydrogen-bond acceptors (Lipinski definition) is 3. The fourth-order valence-electron chi connectivity index (χ4n) is 2.29. The fraction of sp³-hybridized carbons (Fsp3) is 0.500. The standard InChI is InChI=1S/C12H14F4N2O2S/c13-8-5-9(14)11(16)12(10(8)15)21(19,20)18-3-1-7(6-17)2-4-18/h5,7H,1-4,6,17H2. The summed E-state index contributed by atoms with van der Waals surface area (Å²) in [7, 11) is -4.64. The molecule has 0 aromatic heterocycles. The zero-order valence-corrected chi connectivity index (χ0v) is 11.8. The molecule has 1 aliphatic heterocycles. The Kier molecular flexibility index (Phi) is 4.54. The Morgan fingerprint density at radius 3 is 2.00 bits per heavy atom. The lowest BCUT2D eigenvalue weighted by atomic mass is 9.99. The van der Waals surface area contributed by atoms with Gasteiger partial charge in [-0.3, -0.25) is 0 Å². The van der Waals surface area contributed by atoms with Crippen molar-refractivity contribution in [3.63, 3.8) is 0 Å². The Morgan fingerprint density at radius 1 is 1.10 bits per heavy atom. The summed E-state index contributed by atoms with van der Waals surface area (Å²) in [5, 5.41) is 0. The van der Waals surface area contributed by atoms with E-state index in [1.807, 2.05) is 0 Å². The van der Waals surface area contributed by atoms with E-state index in [0.29, 0.717) is 19.4 Å². The first-order chi connectivity index (χ1) is 9.78. The fourth-order valence-corrected chi connectivity index (χ4v) is 3.89. The molecule has 0 spiro atoms. The summed E-state index contributed by atoms with van der Waals surface area (Å²) in [5.74, 6) is -7.19. The molecule has 1 fully saturated rings. The van der Waals surface area contributed by atoms with E-state index < -0.39 is 38.2 Å². The average Bonchev–Trinajstić information content (AvgIpc) is 2.45. The van der Waals surface area contributed by atoms with Crippen LogP contribution in [-0.4, -0.2) is 32.4 Å². The lowest BCUT2D eigenvalue weighted by Gasteiger charge is -2.30. The molecule has 0 saturated carbocycles. The van der Waals surface area contributed by atoms with Gasteiger partial charge in [0.2, 0.25) is 10.0 Å². The molecule has 0 bridgehead atoms. The Hall–Kier alpha value is -1.19. The van der Waals surface area contributed by atoms with Crippen LogP contribution >= 0.6 is 0 Å². The summed E-state index contributed by atoms with van der Waals surface area (Å²) in [5.41, 5.74) is 5.47. The van der Waals surface area contributed by atoms with Crippen molar-refractivity contribution < 1.29 is 26.0 Å². The lowest BCUT2D eigenvalue weighted by Crippen LogP contribution is -2.40. The van der Waals surface area contributed by atoms with E-state index in [4.69, 9.17) is 5.73 Å². The number of halogens is 4. The average molecular weight is 326 g/mol. The Balaban J connectivity index is 2.42. The van der Waals surface area contributed by atoms with Crippen LogP contribution in [0.5, 0.6) is 0 Å². The van der Waals surface area contributed by atoms with Gasteiger partial charge in [-0.2, -0.15) is 4.31 Å². The zero-order valence-electron chi connectivity index (χ0n) is 11.0. The van der Waals surface area contributed by atoms with Crippen molar-refractivity contribution in [2.75, 3.05) is 19.6 Å². The summed E-state index contributed by atoms with van der Waals surface area (Å²) in [6, 6.07) is -0.0235. The van der Waals surface area contributed by atoms with E-state index in [0.717, 1.165) is 4.31 Å². The van der Waals surface area contributed by atoms with E-state index in [1.165, 1.54) is 0 Å². The van der Waals surface area contributed by atoms with Crippen LogP contribution in [0.3, 0.4) is 0 Å². The molecule has 0 amide bonds. The summed E-state index contributed by atoms with van der Waals surface area (Å²) in [6.07, 6.45) is 0.855. The number of nitrogens with two attached hydrogens (primary N) is 1. The molecule has 1 heterocycles. The van der Waals surface area contributed by atoms with Gasteiger partial charge in [0.25, 0.3) is 0 Å². The summed E-state index contributed by atoms with van der Waals surface area (Å²) >= 11 is 0. The monoisotopic (exact) mass is 326 g/mol. The molecule has 21 heavy (non-hydrogen) atoms. The minimum atomic E-state index is -4.64. The van der Waals surface area contributed by atoms with Crippen LogP contribution in [0.1, 0.15) is 12.8 Å². The van der Waals surface area contributed by atoms with Crippen LogP contribution in [0.4, 0.5) is 17.6 Å². The largest absolute Gasteiger partial charge is 0.330 e. The van der Waals surface area contributed by atoms with Gasteiger partial charge in [0.1, 0.15) is 0 Å². The Bertz CT molecular complexity index is 617. The lowest BCUT2D eigenvalue weighted by molar-refractivity contribution is 0.276. The van der Waals surface area contributed by atoms with Crippen LogP contribution in [0, 0.1) is 29.2 Å². The van der Waals surface area contributed by atoms with Gasteiger partial charge in [0.05, 0.1) is 0 Å². The van der Waals surface area contributed by atoms with Crippen molar-refractivity contribution in [1.29, 1.82) is 0 Å². The van der Waals surface area contributed by atoms with Crippen LogP contribution in [0.25, 0.3) is 0 Å². The first kappa shape index (κ1) is 16.2. The van der Waals surface area contributed by atoms with Gasteiger partial charge in [-0.25, -0.2) is 26.0 Å². The molecule has 9 heteroatoms. The molecule has 0 aliphatic carbocycles. The molecule has 1 aromatic carbocycles. The number of sulfonamides is 1. The summed E-state index contributed by atoms with van der Waals surface area (Å²) in [6.45, 7) is 0.383. The van der Waals surface area contributed by atoms with Crippen LogP contribution in [0.2, 0.25) is 0 Å². The van der Waals surface area contributed by atoms with Crippen LogP contribution < -0.4 is 5.73 Å². The highest BCUT2D eigenvalue weighted by Gasteiger charge is 2.36. The second kappa shape index (κ2) is 5.90. The first-order valence-electron chi connectivity index (χ1n) is 6.32. The maximum atomic E-state index is 13.6. The molecular formula is C12H14F4N2O2S. The number of benzene rings is 1. The molecule has 1 aromatic rings. The highest BCUT2D eigenvalue weighted by Crippen LogP contribution is 2.29. The molecule has 0 atom stereocenters. The Labute approximate surface area is 119 Å². The van der Waals surface area contributed by atoms with E-state index in [2.05, 4.69) is 0 Å². The van der Waals surface area contributed by atoms with Crippen molar-refractivity contribution in [3.8, 4) is 0 Å².